The summed E-state index contributed by atoms with van der Waals surface area (Å²) in [6.45, 7) is 1.30. The summed E-state index contributed by atoms with van der Waals surface area (Å²) in [4.78, 5) is 37.0. The molecule has 0 unspecified atom stereocenters. The number of aromatic nitrogens is 1. The molecule has 1 aliphatic carbocycles. The third kappa shape index (κ3) is 3.96. The molecule has 0 radical (unpaired) electrons. The van der Waals surface area contributed by atoms with Gasteiger partial charge in [0.2, 0.25) is 5.91 Å². The maximum atomic E-state index is 12.9. The van der Waals surface area contributed by atoms with Gasteiger partial charge in [-0.05, 0) is 37.8 Å². The summed E-state index contributed by atoms with van der Waals surface area (Å²) in [6, 6.07) is 3.54. The Labute approximate surface area is 159 Å². The zero-order valence-corrected chi connectivity index (χ0v) is 15.5. The molecule has 3 aliphatic rings. The van der Waals surface area contributed by atoms with Crippen LogP contribution in [0.3, 0.4) is 0 Å². The average Bonchev–Trinajstić information content (AvgIpc) is 3.12. The van der Waals surface area contributed by atoms with E-state index in [4.69, 9.17) is 4.84 Å². The summed E-state index contributed by atoms with van der Waals surface area (Å²) in [5.41, 5.74) is 0.458. The second kappa shape index (κ2) is 7.66. The van der Waals surface area contributed by atoms with Crippen LogP contribution in [0.25, 0.3) is 0 Å². The monoisotopic (exact) mass is 370 g/mol. The fourth-order valence-corrected chi connectivity index (χ4v) is 4.40. The molecule has 1 N–H and O–H groups in total. The predicted molar refractivity (Wildman–Crippen MR) is 101 cm³/mol. The number of likely N-dealkylation sites (tertiary alicyclic amines) is 1. The number of anilines is 1. The molecule has 27 heavy (non-hydrogen) atoms. The van der Waals surface area contributed by atoms with E-state index in [1.165, 1.54) is 6.42 Å². The maximum Gasteiger partial charge on any atom is 0.273 e. The molecule has 7 heteroatoms. The topological polar surface area (TPSA) is 83.9 Å². The number of nitrogens with zero attached hydrogens (tertiary/aromatic N) is 3. The van der Waals surface area contributed by atoms with Gasteiger partial charge in [-0.3, -0.25) is 14.6 Å². The number of piperidine rings is 1. The standard InChI is InChI=1S/C20H26N4O3/c25-18(22-16-8-4-10-21-13-16)17-12-20(27-23-17)9-5-11-24(14-20)19(26)15-6-2-1-3-7-15/h4,8,10,13,15H,1-3,5-7,9,11-12,14H2,(H,22,25)/t20-/m0/s1. The van der Waals surface area contributed by atoms with E-state index >= 15 is 0 Å². The first kappa shape index (κ1) is 17.9. The quantitative estimate of drug-likeness (QED) is 0.887. The number of amides is 2. The first-order chi connectivity index (χ1) is 13.2. The summed E-state index contributed by atoms with van der Waals surface area (Å²) in [7, 11) is 0. The van der Waals surface area contributed by atoms with E-state index in [1.54, 1.807) is 24.5 Å². The summed E-state index contributed by atoms with van der Waals surface area (Å²) >= 11 is 0. The highest BCUT2D eigenvalue weighted by molar-refractivity contribution is 6.43. The molecule has 1 saturated carbocycles. The molecule has 7 nitrogen and oxygen atoms in total. The van der Waals surface area contributed by atoms with Crippen molar-refractivity contribution in [1.82, 2.24) is 9.88 Å². The molecule has 1 aromatic rings. The van der Waals surface area contributed by atoms with Crippen molar-refractivity contribution in [2.24, 2.45) is 11.1 Å². The Hall–Kier alpha value is -2.44. The van der Waals surface area contributed by atoms with Gasteiger partial charge in [0.15, 0.2) is 5.60 Å². The van der Waals surface area contributed by atoms with Gasteiger partial charge in [-0.25, -0.2) is 0 Å². The zero-order chi connectivity index (χ0) is 18.7. The van der Waals surface area contributed by atoms with Crippen molar-refractivity contribution in [2.75, 3.05) is 18.4 Å². The van der Waals surface area contributed by atoms with Crippen LogP contribution in [0.5, 0.6) is 0 Å². The van der Waals surface area contributed by atoms with Crippen LogP contribution in [0.1, 0.15) is 51.4 Å². The lowest BCUT2D eigenvalue weighted by atomic mass is 9.85. The molecule has 1 atom stereocenters. The number of hydrogen-bond donors (Lipinski definition) is 1. The van der Waals surface area contributed by atoms with E-state index in [-0.39, 0.29) is 17.7 Å². The van der Waals surface area contributed by atoms with E-state index in [0.29, 0.717) is 24.4 Å². The molecule has 2 fully saturated rings. The molecular formula is C20H26N4O3. The van der Waals surface area contributed by atoms with Gasteiger partial charge < -0.3 is 15.1 Å². The lowest BCUT2D eigenvalue weighted by Gasteiger charge is -2.40. The minimum atomic E-state index is -0.551. The first-order valence-electron chi connectivity index (χ1n) is 9.90. The van der Waals surface area contributed by atoms with Crippen molar-refractivity contribution in [3.05, 3.63) is 24.5 Å². The Kier molecular flexibility index (Phi) is 5.09. The molecular weight excluding hydrogens is 344 g/mol. The van der Waals surface area contributed by atoms with Crippen molar-refractivity contribution >= 4 is 23.2 Å². The van der Waals surface area contributed by atoms with Gasteiger partial charge in [-0.15, -0.1) is 0 Å². The Morgan fingerprint density at radius 3 is 2.85 bits per heavy atom. The fraction of sp³-hybridized carbons (Fsp3) is 0.600. The molecule has 2 aliphatic heterocycles. The number of pyridine rings is 1. The van der Waals surface area contributed by atoms with Crippen molar-refractivity contribution < 1.29 is 14.4 Å². The predicted octanol–water partition coefficient (Wildman–Crippen LogP) is 2.74. The van der Waals surface area contributed by atoms with Gasteiger partial charge in [0.1, 0.15) is 5.71 Å². The van der Waals surface area contributed by atoms with Gasteiger partial charge >= 0.3 is 0 Å². The van der Waals surface area contributed by atoms with Gasteiger partial charge in [0.05, 0.1) is 18.4 Å². The second-order valence-electron chi connectivity index (χ2n) is 7.88. The minimum Gasteiger partial charge on any atom is -0.386 e. The second-order valence-corrected chi connectivity index (χ2v) is 7.88. The van der Waals surface area contributed by atoms with Crippen LogP contribution in [0.4, 0.5) is 5.69 Å². The number of nitrogens with one attached hydrogen (secondary N) is 1. The summed E-state index contributed by atoms with van der Waals surface area (Å²) in [6.07, 6.45) is 10.9. The molecule has 144 valence electrons. The molecule has 1 spiro atoms. The smallest absolute Gasteiger partial charge is 0.273 e. The van der Waals surface area contributed by atoms with Gasteiger partial charge in [-0.2, -0.15) is 0 Å². The number of rotatable bonds is 3. The highest BCUT2D eigenvalue weighted by atomic mass is 16.7. The summed E-state index contributed by atoms with van der Waals surface area (Å²) in [5.74, 6) is 0.144. The maximum absolute atomic E-state index is 12.9. The highest BCUT2D eigenvalue weighted by Crippen LogP contribution is 2.35. The van der Waals surface area contributed by atoms with E-state index in [2.05, 4.69) is 15.5 Å². The summed E-state index contributed by atoms with van der Waals surface area (Å²) in [5, 5.41) is 6.86. The number of carbonyl (C=O) groups is 2. The van der Waals surface area contributed by atoms with Gasteiger partial charge in [-0.1, -0.05) is 24.4 Å². The van der Waals surface area contributed by atoms with E-state index in [9.17, 15) is 9.59 Å². The Balaban J connectivity index is 1.37. The average molecular weight is 370 g/mol. The molecule has 4 rings (SSSR count). The molecule has 1 saturated heterocycles. The van der Waals surface area contributed by atoms with E-state index < -0.39 is 5.60 Å². The molecule has 2 amide bonds. The number of carbonyl (C=O) groups excluding carboxylic acids is 2. The first-order valence-corrected chi connectivity index (χ1v) is 9.90. The van der Waals surface area contributed by atoms with Crippen LogP contribution >= 0.6 is 0 Å². The highest BCUT2D eigenvalue weighted by Gasteiger charge is 2.46. The third-order valence-electron chi connectivity index (χ3n) is 5.83. The summed E-state index contributed by atoms with van der Waals surface area (Å²) < 4.78 is 0. The van der Waals surface area contributed by atoms with Crippen LogP contribution in [-0.4, -0.2) is 46.1 Å². The molecule has 0 aromatic carbocycles. The Bertz CT molecular complexity index is 730. The number of oxime groups is 1. The Morgan fingerprint density at radius 2 is 2.07 bits per heavy atom. The zero-order valence-electron chi connectivity index (χ0n) is 15.5. The van der Waals surface area contributed by atoms with Crippen molar-refractivity contribution in [1.29, 1.82) is 0 Å². The number of hydrogen-bond acceptors (Lipinski definition) is 5. The van der Waals surface area contributed by atoms with Crippen LogP contribution in [0.2, 0.25) is 0 Å². The lowest BCUT2D eigenvalue weighted by Crippen LogP contribution is -2.52. The normalized spacial score (nSPS) is 25.8. The van der Waals surface area contributed by atoms with Crippen LogP contribution in [0.15, 0.2) is 29.7 Å². The molecule has 1 aromatic heterocycles. The lowest BCUT2D eigenvalue weighted by molar-refractivity contribution is -0.145. The largest absolute Gasteiger partial charge is 0.386 e. The van der Waals surface area contributed by atoms with Crippen molar-refractivity contribution in [3.63, 3.8) is 0 Å². The third-order valence-corrected chi connectivity index (χ3v) is 5.83. The van der Waals surface area contributed by atoms with Crippen molar-refractivity contribution in [2.45, 2.75) is 57.0 Å². The van der Waals surface area contributed by atoms with Crippen molar-refractivity contribution in [3.8, 4) is 0 Å². The van der Waals surface area contributed by atoms with Crippen LogP contribution in [-0.2, 0) is 14.4 Å². The fourth-order valence-electron chi connectivity index (χ4n) is 4.40. The van der Waals surface area contributed by atoms with E-state index in [1.807, 2.05) is 4.90 Å². The van der Waals surface area contributed by atoms with Gasteiger partial charge in [0.25, 0.3) is 5.91 Å². The van der Waals surface area contributed by atoms with Gasteiger partial charge in [0, 0.05) is 25.1 Å². The minimum absolute atomic E-state index is 0.157. The van der Waals surface area contributed by atoms with E-state index in [0.717, 1.165) is 45.1 Å². The van der Waals surface area contributed by atoms with Crippen LogP contribution < -0.4 is 5.32 Å². The van der Waals surface area contributed by atoms with Crippen LogP contribution in [0, 0.1) is 5.92 Å². The SMILES string of the molecule is O=C(Nc1cccnc1)C1=NO[C@@]2(CCCN(C(=O)C3CCCCC3)C2)C1. The Morgan fingerprint density at radius 1 is 1.22 bits per heavy atom. The molecule has 0 bridgehead atoms. The molecule has 3 heterocycles.